The van der Waals surface area contributed by atoms with Gasteiger partial charge in [0.25, 0.3) is 0 Å². The van der Waals surface area contributed by atoms with Crippen LogP contribution in [0, 0.1) is 0 Å². The lowest BCUT2D eigenvalue weighted by Crippen LogP contribution is -2.25. The van der Waals surface area contributed by atoms with Crippen molar-refractivity contribution in [2.45, 2.75) is 52.1 Å². The molecule has 19 heavy (non-hydrogen) atoms. The minimum atomic E-state index is 0.317. The van der Waals surface area contributed by atoms with Crippen LogP contribution in [0.5, 0.6) is 0 Å². The second-order valence-electron chi connectivity index (χ2n) is 5.40. The number of anilines is 1. The van der Waals surface area contributed by atoms with Crippen LogP contribution in [0.1, 0.15) is 51.6 Å². The second-order valence-corrected chi connectivity index (χ2v) is 5.81. The lowest BCUT2D eigenvalue weighted by molar-refractivity contribution is 0.571. The van der Waals surface area contributed by atoms with E-state index in [1.54, 1.807) is 0 Å². The molecule has 1 saturated carbocycles. The molecule has 0 bridgehead atoms. The molecule has 1 aromatic carbocycles. The van der Waals surface area contributed by atoms with Gasteiger partial charge >= 0.3 is 0 Å². The fourth-order valence-electron chi connectivity index (χ4n) is 2.55. The molecule has 2 nitrogen and oxygen atoms in total. The van der Waals surface area contributed by atoms with Gasteiger partial charge in [0.1, 0.15) is 0 Å². The highest BCUT2D eigenvalue weighted by Gasteiger charge is 2.28. The third-order valence-corrected chi connectivity index (χ3v) is 4.14. The maximum absolute atomic E-state index is 6.46. The zero-order chi connectivity index (χ0) is 13.8. The molecule has 1 N–H and O–H groups in total. The van der Waals surface area contributed by atoms with E-state index in [2.05, 4.69) is 49.2 Å². The highest BCUT2D eigenvalue weighted by molar-refractivity contribution is 6.31. The number of benzene rings is 1. The SMILES string of the molecule is CCCNC(C)c1ccc(N(CC)C2CC2)cc1Cl. The van der Waals surface area contributed by atoms with Crippen molar-refractivity contribution >= 4 is 17.3 Å². The molecule has 0 radical (unpaired) electrons. The molecule has 0 aliphatic heterocycles. The summed E-state index contributed by atoms with van der Waals surface area (Å²) in [5.74, 6) is 0. The zero-order valence-electron chi connectivity index (χ0n) is 12.2. The van der Waals surface area contributed by atoms with Crippen molar-refractivity contribution < 1.29 is 0 Å². The van der Waals surface area contributed by atoms with E-state index >= 15 is 0 Å². The fraction of sp³-hybridized carbons (Fsp3) is 0.625. The van der Waals surface area contributed by atoms with Crippen LogP contribution in [0.2, 0.25) is 5.02 Å². The van der Waals surface area contributed by atoms with E-state index in [0.29, 0.717) is 6.04 Å². The van der Waals surface area contributed by atoms with Crippen LogP contribution < -0.4 is 10.2 Å². The summed E-state index contributed by atoms with van der Waals surface area (Å²) in [7, 11) is 0. The maximum Gasteiger partial charge on any atom is 0.0474 e. The van der Waals surface area contributed by atoms with Gasteiger partial charge in [-0.1, -0.05) is 24.6 Å². The van der Waals surface area contributed by atoms with Crippen molar-refractivity contribution in [3.8, 4) is 0 Å². The smallest absolute Gasteiger partial charge is 0.0474 e. The van der Waals surface area contributed by atoms with Gasteiger partial charge in [0, 0.05) is 29.3 Å². The van der Waals surface area contributed by atoms with E-state index < -0.39 is 0 Å². The molecule has 0 spiro atoms. The topological polar surface area (TPSA) is 15.3 Å². The van der Waals surface area contributed by atoms with Crippen LogP contribution in [0.15, 0.2) is 18.2 Å². The van der Waals surface area contributed by atoms with Crippen LogP contribution in [-0.4, -0.2) is 19.1 Å². The predicted molar refractivity (Wildman–Crippen MR) is 84.2 cm³/mol. The van der Waals surface area contributed by atoms with Crippen molar-refractivity contribution in [3.63, 3.8) is 0 Å². The Labute approximate surface area is 122 Å². The lowest BCUT2D eigenvalue weighted by atomic mass is 10.1. The molecule has 0 saturated heterocycles. The molecular weight excluding hydrogens is 256 g/mol. The first-order valence-electron chi connectivity index (χ1n) is 7.46. The van der Waals surface area contributed by atoms with Crippen molar-refractivity contribution in [2.24, 2.45) is 0 Å². The minimum Gasteiger partial charge on any atom is -0.369 e. The molecule has 1 aliphatic carbocycles. The molecule has 106 valence electrons. The van der Waals surface area contributed by atoms with E-state index in [1.165, 1.54) is 24.1 Å². The number of halogens is 1. The summed E-state index contributed by atoms with van der Waals surface area (Å²) in [6, 6.07) is 7.58. The van der Waals surface area contributed by atoms with Gasteiger partial charge in [-0.3, -0.25) is 0 Å². The van der Waals surface area contributed by atoms with Crippen LogP contribution in [0.25, 0.3) is 0 Å². The Bertz CT molecular complexity index is 415. The third-order valence-electron chi connectivity index (χ3n) is 3.81. The van der Waals surface area contributed by atoms with Gasteiger partial charge in [0.05, 0.1) is 0 Å². The van der Waals surface area contributed by atoms with Gasteiger partial charge in [0.15, 0.2) is 0 Å². The van der Waals surface area contributed by atoms with E-state index in [9.17, 15) is 0 Å². The Kier molecular flexibility index (Phi) is 5.12. The zero-order valence-corrected chi connectivity index (χ0v) is 13.0. The van der Waals surface area contributed by atoms with Gasteiger partial charge in [-0.15, -0.1) is 0 Å². The molecule has 2 rings (SSSR count). The van der Waals surface area contributed by atoms with Gasteiger partial charge < -0.3 is 10.2 Å². The molecule has 1 aromatic rings. The molecule has 1 atom stereocenters. The first-order chi connectivity index (χ1) is 9.17. The van der Waals surface area contributed by atoms with Crippen LogP contribution in [-0.2, 0) is 0 Å². The Morgan fingerprint density at radius 2 is 2.11 bits per heavy atom. The number of nitrogens with one attached hydrogen (secondary N) is 1. The second kappa shape index (κ2) is 6.62. The molecule has 3 heteroatoms. The fourth-order valence-corrected chi connectivity index (χ4v) is 2.89. The lowest BCUT2D eigenvalue weighted by Gasteiger charge is -2.24. The predicted octanol–water partition coefficient (Wildman–Crippen LogP) is 4.39. The van der Waals surface area contributed by atoms with Crippen LogP contribution in [0.3, 0.4) is 0 Å². The Hall–Kier alpha value is -0.730. The van der Waals surface area contributed by atoms with Gasteiger partial charge in [-0.05, 0) is 57.4 Å². The summed E-state index contributed by atoms with van der Waals surface area (Å²) in [4.78, 5) is 2.46. The van der Waals surface area contributed by atoms with Gasteiger partial charge in [0.2, 0.25) is 0 Å². The third kappa shape index (κ3) is 3.64. The van der Waals surface area contributed by atoms with Crippen LogP contribution >= 0.6 is 11.6 Å². The first-order valence-corrected chi connectivity index (χ1v) is 7.84. The molecule has 0 aromatic heterocycles. The molecule has 0 heterocycles. The quantitative estimate of drug-likeness (QED) is 0.797. The van der Waals surface area contributed by atoms with E-state index in [-0.39, 0.29) is 0 Å². The molecule has 0 amide bonds. The van der Waals surface area contributed by atoms with Crippen molar-refractivity contribution in [1.82, 2.24) is 5.32 Å². The molecule has 1 aliphatic rings. The number of rotatable bonds is 7. The highest BCUT2D eigenvalue weighted by Crippen LogP contribution is 2.34. The Balaban J connectivity index is 2.11. The van der Waals surface area contributed by atoms with Crippen molar-refractivity contribution in [1.29, 1.82) is 0 Å². The summed E-state index contributed by atoms with van der Waals surface area (Å²) < 4.78 is 0. The van der Waals surface area contributed by atoms with E-state index in [4.69, 9.17) is 11.6 Å². The summed E-state index contributed by atoms with van der Waals surface area (Å²) >= 11 is 6.46. The number of hydrogen-bond donors (Lipinski definition) is 1. The summed E-state index contributed by atoms with van der Waals surface area (Å²) in [6.45, 7) is 8.66. The average Bonchev–Trinajstić information content (AvgIpc) is 3.21. The summed E-state index contributed by atoms with van der Waals surface area (Å²) in [5.41, 5.74) is 2.46. The van der Waals surface area contributed by atoms with Gasteiger partial charge in [-0.25, -0.2) is 0 Å². The largest absolute Gasteiger partial charge is 0.369 e. The van der Waals surface area contributed by atoms with Gasteiger partial charge in [-0.2, -0.15) is 0 Å². The van der Waals surface area contributed by atoms with E-state index in [1.807, 2.05) is 0 Å². The minimum absolute atomic E-state index is 0.317. The number of hydrogen-bond acceptors (Lipinski definition) is 2. The molecule has 1 unspecified atom stereocenters. The van der Waals surface area contributed by atoms with Crippen LogP contribution in [0.4, 0.5) is 5.69 Å². The highest BCUT2D eigenvalue weighted by atomic mass is 35.5. The Morgan fingerprint density at radius 1 is 1.37 bits per heavy atom. The number of nitrogens with zero attached hydrogens (tertiary/aromatic N) is 1. The average molecular weight is 281 g/mol. The van der Waals surface area contributed by atoms with Crippen molar-refractivity contribution in [3.05, 3.63) is 28.8 Å². The standard InChI is InChI=1S/C16H25ClN2/c1-4-10-18-12(3)15-9-8-14(11-16(15)17)19(5-2)13-6-7-13/h8-9,11-13,18H,4-7,10H2,1-3H3. The van der Waals surface area contributed by atoms with Crippen molar-refractivity contribution in [2.75, 3.05) is 18.0 Å². The Morgan fingerprint density at radius 3 is 2.63 bits per heavy atom. The van der Waals surface area contributed by atoms with E-state index in [0.717, 1.165) is 30.6 Å². The maximum atomic E-state index is 6.46. The molecular formula is C16H25ClN2. The normalized spacial score (nSPS) is 16.4. The summed E-state index contributed by atoms with van der Waals surface area (Å²) in [6.07, 6.45) is 3.79. The summed E-state index contributed by atoms with van der Waals surface area (Å²) in [5, 5.41) is 4.37. The monoisotopic (exact) mass is 280 g/mol. The first kappa shape index (κ1) is 14.7. The molecule has 1 fully saturated rings.